The molecule has 0 radical (unpaired) electrons. The minimum absolute atomic E-state index is 0.243. The molecular weight excluding hydrogens is 125 g/mol. The van der Waals surface area contributed by atoms with Gasteiger partial charge >= 0.3 is 6.92 Å². The topological polar surface area (TPSA) is 23.5 Å². The molecule has 0 aliphatic heterocycles. The van der Waals surface area contributed by atoms with Crippen molar-refractivity contribution in [1.29, 1.82) is 0 Å². The number of hydrogen-bond acceptors (Lipinski definition) is 2. The zero-order chi connectivity index (χ0) is 8.31. The first-order valence-electron chi connectivity index (χ1n) is 3.86. The quantitative estimate of drug-likeness (QED) is 0.592. The molecule has 0 rings (SSSR count). The van der Waals surface area contributed by atoms with Crippen LogP contribution in [0, 0.1) is 0 Å². The van der Waals surface area contributed by atoms with Gasteiger partial charge in [-0.1, -0.05) is 13.7 Å². The van der Waals surface area contributed by atoms with E-state index in [9.17, 15) is 5.02 Å². The molecule has 0 bridgehead atoms. The molecule has 3 heteroatoms. The third kappa shape index (κ3) is 2.71. The molecule has 0 fully saturated rings. The summed E-state index contributed by atoms with van der Waals surface area (Å²) in [6, 6.07) is 0.504. The summed E-state index contributed by atoms with van der Waals surface area (Å²) >= 11 is 0. The molecule has 0 spiro atoms. The normalized spacial score (nSPS) is 14.4. The molecule has 0 aromatic heterocycles. The van der Waals surface area contributed by atoms with E-state index >= 15 is 0 Å². The summed E-state index contributed by atoms with van der Waals surface area (Å²) in [7, 11) is 2.03. The third-order valence-corrected chi connectivity index (χ3v) is 2.16. The van der Waals surface area contributed by atoms with Crippen molar-refractivity contribution in [2.24, 2.45) is 0 Å². The van der Waals surface area contributed by atoms with Gasteiger partial charge in [-0.05, 0) is 20.9 Å². The van der Waals surface area contributed by atoms with Crippen molar-refractivity contribution in [3.8, 4) is 0 Å². The second-order valence-electron chi connectivity index (χ2n) is 3.24. The van der Waals surface area contributed by atoms with Crippen molar-refractivity contribution in [3.63, 3.8) is 0 Å². The molecule has 1 unspecified atom stereocenters. The molecule has 0 aliphatic rings. The lowest BCUT2D eigenvalue weighted by Gasteiger charge is -2.28. The summed E-state index contributed by atoms with van der Waals surface area (Å²) in [4.78, 5) is 2.16. The monoisotopic (exact) mass is 143 g/mol. The van der Waals surface area contributed by atoms with Gasteiger partial charge in [0, 0.05) is 12.0 Å². The zero-order valence-corrected chi connectivity index (χ0v) is 7.63. The third-order valence-electron chi connectivity index (χ3n) is 2.16. The average molecular weight is 143 g/mol. The van der Waals surface area contributed by atoms with Crippen LogP contribution in [0.2, 0.25) is 6.82 Å². The van der Waals surface area contributed by atoms with Crippen molar-refractivity contribution in [3.05, 3.63) is 0 Å². The molecule has 0 saturated carbocycles. The van der Waals surface area contributed by atoms with Gasteiger partial charge in [0.05, 0.1) is 0 Å². The molecule has 60 valence electrons. The molecular formula is C7H18BNO. The Hall–Kier alpha value is -0.0151. The number of rotatable bonds is 3. The molecule has 1 atom stereocenters. The van der Waals surface area contributed by atoms with Crippen LogP contribution in [0.4, 0.5) is 0 Å². The molecule has 10 heavy (non-hydrogen) atoms. The Morgan fingerprint density at radius 3 is 1.80 bits per heavy atom. The van der Waals surface area contributed by atoms with Crippen LogP contribution in [0.15, 0.2) is 0 Å². The van der Waals surface area contributed by atoms with Crippen LogP contribution < -0.4 is 0 Å². The first-order valence-corrected chi connectivity index (χ1v) is 3.86. The summed E-state index contributed by atoms with van der Waals surface area (Å²) in [5, 5.41) is 9.20. The minimum atomic E-state index is -0.243. The van der Waals surface area contributed by atoms with E-state index in [0.717, 1.165) is 0 Å². The van der Waals surface area contributed by atoms with E-state index < -0.39 is 0 Å². The van der Waals surface area contributed by atoms with Gasteiger partial charge in [-0.25, -0.2) is 0 Å². The maximum absolute atomic E-state index is 9.20. The highest BCUT2D eigenvalue weighted by molar-refractivity contribution is 6.50. The zero-order valence-electron chi connectivity index (χ0n) is 7.63. The van der Waals surface area contributed by atoms with Gasteiger partial charge in [0.1, 0.15) is 0 Å². The van der Waals surface area contributed by atoms with E-state index in [1.165, 1.54) is 0 Å². The maximum Gasteiger partial charge on any atom is 0.303 e. The van der Waals surface area contributed by atoms with E-state index in [4.69, 9.17) is 0 Å². The summed E-state index contributed by atoms with van der Waals surface area (Å²) in [5.74, 6) is 0.250. The van der Waals surface area contributed by atoms with Crippen LogP contribution in [0.25, 0.3) is 0 Å². The van der Waals surface area contributed by atoms with Crippen molar-refractivity contribution < 1.29 is 5.02 Å². The van der Waals surface area contributed by atoms with E-state index in [1.807, 2.05) is 20.8 Å². The molecule has 0 heterocycles. The first-order chi connectivity index (χ1) is 4.46. The molecule has 0 amide bonds. The van der Waals surface area contributed by atoms with Crippen molar-refractivity contribution >= 4 is 6.92 Å². The fourth-order valence-corrected chi connectivity index (χ4v) is 0.811. The van der Waals surface area contributed by atoms with Crippen LogP contribution in [0.1, 0.15) is 20.8 Å². The van der Waals surface area contributed by atoms with Gasteiger partial charge < -0.3 is 9.92 Å². The number of nitrogens with zero attached hydrogens (tertiary/aromatic N) is 1. The summed E-state index contributed by atoms with van der Waals surface area (Å²) in [5.41, 5.74) is 0. The Kier molecular flexibility index (Phi) is 3.98. The van der Waals surface area contributed by atoms with Crippen LogP contribution in [-0.4, -0.2) is 35.9 Å². The van der Waals surface area contributed by atoms with E-state index in [-0.39, 0.29) is 12.9 Å². The van der Waals surface area contributed by atoms with E-state index in [1.54, 1.807) is 0 Å². The van der Waals surface area contributed by atoms with Crippen LogP contribution >= 0.6 is 0 Å². The Balaban J connectivity index is 3.81. The lowest BCUT2D eigenvalue weighted by atomic mass is 9.63. The Morgan fingerprint density at radius 1 is 1.30 bits per heavy atom. The van der Waals surface area contributed by atoms with Gasteiger partial charge in [-0.3, -0.25) is 0 Å². The van der Waals surface area contributed by atoms with Gasteiger partial charge in [0.25, 0.3) is 0 Å². The smallest absolute Gasteiger partial charge is 0.303 e. The largest absolute Gasteiger partial charge is 0.449 e. The van der Waals surface area contributed by atoms with Crippen molar-refractivity contribution in [1.82, 2.24) is 4.90 Å². The van der Waals surface area contributed by atoms with Gasteiger partial charge in [0.15, 0.2) is 0 Å². The second-order valence-corrected chi connectivity index (χ2v) is 3.24. The Bertz CT molecular complexity index is 83.6. The van der Waals surface area contributed by atoms with E-state index in [0.29, 0.717) is 6.04 Å². The van der Waals surface area contributed by atoms with Gasteiger partial charge in [-0.15, -0.1) is 0 Å². The Morgan fingerprint density at radius 2 is 1.70 bits per heavy atom. The molecule has 0 aromatic carbocycles. The fraction of sp³-hybridized carbons (Fsp3) is 1.00. The lowest BCUT2D eigenvalue weighted by molar-refractivity contribution is 0.245. The molecule has 0 aromatic rings. The van der Waals surface area contributed by atoms with Gasteiger partial charge in [-0.2, -0.15) is 0 Å². The fourth-order valence-electron chi connectivity index (χ4n) is 0.811. The molecule has 0 saturated heterocycles. The van der Waals surface area contributed by atoms with Crippen LogP contribution in [0.5, 0.6) is 0 Å². The standard InChI is InChI=1S/C7H18BNO/c1-6(2)9(5)7(3)8(4)10/h6-7,10H,1-5H3. The SMILES string of the molecule is CB(O)C(C)N(C)C(C)C. The minimum Gasteiger partial charge on any atom is -0.449 e. The summed E-state index contributed by atoms with van der Waals surface area (Å²) in [6.07, 6.45) is 0. The summed E-state index contributed by atoms with van der Waals surface area (Å²) < 4.78 is 0. The molecule has 2 nitrogen and oxygen atoms in total. The van der Waals surface area contributed by atoms with Crippen molar-refractivity contribution in [2.45, 2.75) is 39.6 Å². The molecule has 1 N–H and O–H groups in total. The highest BCUT2D eigenvalue weighted by atomic mass is 16.2. The van der Waals surface area contributed by atoms with Crippen LogP contribution in [0.3, 0.4) is 0 Å². The Labute approximate surface area is 64.3 Å². The summed E-state index contributed by atoms with van der Waals surface area (Å²) in [6.45, 7) is 7.86. The second kappa shape index (κ2) is 3.99. The van der Waals surface area contributed by atoms with Crippen molar-refractivity contribution in [2.75, 3.05) is 7.05 Å². The average Bonchev–Trinajstić information content (AvgIpc) is 1.84. The molecule has 0 aliphatic carbocycles. The lowest BCUT2D eigenvalue weighted by Crippen LogP contribution is -2.43. The predicted molar refractivity (Wildman–Crippen MR) is 46.2 cm³/mol. The maximum atomic E-state index is 9.20. The first kappa shape index (κ1) is 9.98. The van der Waals surface area contributed by atoms with Gasteiger partial charge in [0.2, 0.25) is 0 Å². The predicted octanol–water partition coefficient (Wildman–Crippen LogP) is 0.868. The van der Waals surface area contributed by atoms with Crippen LogP contribution in [-0.2, 0) is 0 Å². The highest BCUT2D eigenvalue weighted by Gasteiger charge is 2.19. The number of hydrogen-bond donors (Lipinski definition) is 1. The highest BCUT2D eigenvalue weighted by Crippen LogP contribution is 2.02. The van der Waals surface area contributed by atoms with E-state index in [2.05, 4.69) is 18.7 Å².